The minimum atomic E-state index is -0.496. The molecule has 0 bridgehead atoms. The van der Waals surface area contributed by atoms with Crippen molar-refractivity contribution < 1.29 is 14.5 Å². The number of amides is 1. The Bertz CT molecular complexity index is 547. The van der Waals surface area contributed by atoms with Gasteiger partial charge in [-0.1, -0.05) is 0 Å². The Morgan fingerprint density at radius 2 is 2.29 bits per heavy atom. The molecule has 0 aromatic heterocycles. The van der Waals surface area contributed by atoms with Crippen LogP contribution in [0, 0.1) is 10.1 Å². The number of carbonyl (C=O) groups excluding carboxylic acids is 1. The second-order valence-corrected chi connectivity index (χ2v) is 5.02. The Morgan fingerprint density at radius 3 is 2.95 bits per heavy atom. The number of nitrogens with zero attached hydrogens (tertiary/aromatic N) is 2. The molecule has 1 aliphatic heterocycles. The third-order valence-corrected chi connectivity index (χ3v) is 3.45. The van der Waals surface area contributed by atoms with Crippen LogP contribution in [0.1, 0.15) is 23.7 Å². The summed E-state index contributed by atoms with van der Waals surface area (Å²) < 4.78 is 5.52. The van der Waals surface area contributed by atoms with Gasteiger partial charge in [-0.15, -0.1) is 0 Å². The van der Waals surface area contributed by atoms with Gasteiger partial charge in [0.25, 0.3) is 11.6 Å². The van der Waals surface area contributed by atoms with Crippen molar-refractivity contribution in [2.45, 2.75) is 19.4 Å². The standard InChI is InChI=1S/C14H19N3O4/c1-10-9-16(6-3-7-21-10)14(18)12-8-11(17(19)20)4-5-13(12)15-2/h4-5,8,10,15H,3,6-7,9H2,1-2H3. The van der Waals surface area contributed by atoms with E-state index in [1.165, 1.54) is 12.1 Å². The van der Waals surface area contributed by atoms with E-state index in [2.05, 4.69) is 5.32 Å². The van der Waals surface area contributed by atoms with Crippen molar-refractivity contribution in [2.75, 3.05) is 32.1 Å². The highest BCUT2D eigenvalue weighted by molar-refractivity contribution is 6.00. The number of non-ortho nitro benzene ring substituents is 1. The first-order valence-corrected chi connectivity index (χ1v) is 6.90. The lowest BCUT2D eigenvalue weighted by Crippen LogP contribution is -2.36. The molecule has 114 valence electrons. The van der Waals surface area contributed by atoms with Gasteiger partial charge < -0.3 is 15.0 Å². The molecule has 1 N–H and O–H groups in total. The number of rotatable bonds is 3. The number of hydrogen-bond donors (Lipinski definition) is 1. The predicted molar refractivity (Wildman–Crippen MR) is 78.6 cm³/mol. The van der Waals surface area contributed by atoms with E-state index in [-0.39, 0.29) is 17.7 Å². The Balaban J connectivity index is 2.32. The number of carbonyl (C=O) groups is 1. The molecular formula is C14H19N3O4. The summed E-state index contributed by atoms with van der Waals surface area (Å²) in [7, 11) is 1.69. The highest BCUT2D eigenvalue weighted by atomic mass is 16.6. The molecule has 7 heteroatoms. The van der Waals surface area contributed by atoms with Crippen molar-refractivity contribution in [3.63, 3.8) is 0 Å². The molecule has 1 atom stereocenters. The molecule has 1 amide bonds. The fourth-order valence-electron chi connectivity index (χ4n) is 2.39. The maximum Gasteiger partial charge on any atom is 0.270 e. The first kappa shape index (κ1) is 15.2. The lowest BCUT2D eigenvalue weighted by atomic mass is 10.1. The molecule has 1 unspecified atom stereocenters. The molecular weight excluding hydrogens is 274 g/mol. The summed E-state index contributed by atoms with van der Waals surface area (Å²) in [6.07, 6.45) is 0.730. The van der Waals surface area contributed by atoms with Crippen molar-refractivity contribution >= 4 is 17.3 Å². The summed E-state index contributed by atoms with van der Waals surface area (Å²) >= 11 is 0. The van der Waals surface area contributed by atoms with Crippen LogP contribution in [0.2, 0.25) is 0 Å². The summed E-state index contributed by atoms with van der Waals surface area (Å²) in [5, 5.41) is 13.8. The second-order valence-electron chi connectivity index (χ2n) is 5.02. The van der Waals surface area contributed by atoms with Crippen molar-refractivity contribution in [1.82, 2.24) is 4.90 Å². The topological polar surface area (TPSA) is 84.7 Å². The van der Waals surface area contributed by atoms with Crippen LogP contribution in [0.3, 0.4) is 0 Å². The lowest BCUT2D eigenvalue weighted by molar-refractivity contribution is -0.384. The Morgan fingerprint density at radius 1 is 1.52 bits per heavy atom. The summed E-state index contributed by atoms with van der Waals surface area (Å²) in [5.74, 6) is -0.208. The van der Waals surface area contributed by atoms with Gasteiger partial charge in [0.1, 0.15) is 0 Å². The van der Waals surface area contributed by atoms with E-state index in [0.717, 1.165) is 6.42 Å². The van der Waals surface area contributed by atoms with E-state index in [1.54, 1.807) is 18.0 Å². The Labute approximate surface area is 123 Å². The molecule has 1 aromatic carbocycles. The van der Waals surface area contributed by atoms with Gasteiger partial charge in [-0.25, -0.2) is 0 Å². The maximum absolute atomic E-state index is 12.7. The number of benzene rings is 1. The van der Waals surface area contributed by atoms with Crippen LogP contribution < -0.4 is 5.32 Å². The van der Waals surface area contributed by atoms with Gasteiger partial charge in [0.05, 0.1) is 16.6 Å². The van der Waals surface area contributed by atoms with Crippen molar-refractivity contribution in [1.29, 1.82) is 0 Å². The number of nitro benzene ring substituents is 1. The normalized spacial score (nSPS) is 19.0. The number of ether oxygens (including phenoxy) is 1. The van der Waals surface area contributed by atoms with Crippen LogP contribution in [-0.4, -0.2) is 48.6 Å². The number of nitrogens with one attached hydrogen (secondary N) is 1. The molecule has 0 radical (unpaired) electrons. The fraction of sp³-hybridized carbons (Fsp3) is 0.500. The van der Waals surface area contributed by atoms with Gasteiger partial charge >= 0.3 is 0 Å². The van der Waals surface area contributed by atoms with Gasteiger partial charge in [0, 0.05) is 44.6 Å². The smallest absolute Gasteiger partial charge is 0.270 e. The maximum atomic E-state index is 12.7. The van der Waals surface area contributed by atoms with Crippen LogP contribution in [0.4, 0.5) is 11.4 Å². The highest BCUT2D eigenvalue weighted by Crippen LogP contribution is 2.24. The zero-order chi connectivity index (χ0) is 15.4. The number of anilines is 1. The minimum Gasteiger partial charge on any atom is -0.387 e. The van der Waals surface area contributed by atoms with Gasteiger partial charge in [0.2, 0.25) is 0 Å². The quantitative estimate of drug-likeness (QED) is 0.679. The van der Waals surface area contributed by atoms with Gasteiger partial charge in [-0.2, -0.15) is 0 Å². The summed E-state index contributed by atoms with van der Waals surface area (Å²) in [4.78, 5) is 24.8. The zero-order valence-electron chi connectivity index (χ0n) is 12.2. The monoisotopic (exact) mass is 293 g/mol. The van der Waals surface area contributed by atoms with Gasteiger partial charge in [0.15, 0.2) is 0 Å². The van der Waals surface area contributed by atoms with E-state index in [1.807, 2.05) is 6.92 Å². The van der Waals surface area contributed by atoms with Crippen molar-refractivity contribution in [3.8, 4) is 0 Å². The van der Waals surface area contributed by atoms with E-state index in [0.29, 0.717) is 30.9 Å². The van der Waals surface area contributed by atoms with E-state index >= 15 is 0 Å². The Kier molecular flexibility index (Phi) is 4.74. The zero-order valence-corrected chi connectivity index (χ0v) is 12.2. The van der Waals surface area contributed by atoms with Gasteiger partial charge in [-0.3, -0.25) is 14.9 Å². The molecule has 1 aliphatic rings. The molecule has 1 heterocycles. The molecule has 0 aliphatic carbocycles. The van der Waals surface area contributed by atoms with Crippen molar-refractivity contribution in [2.24, 2.45) is 0 Å². The second kappa shape index (κ2) is 6.53. The van der Waals surface area contributed by atoms with Crippen LogP contribution in [0.15, 0.2) is 18.2 Å². The molecule has 2 rings (SSSR count). The summed E-state index contributed by atoms with van der Waals surface area (Å²) in [5.41, 5.74) is 0.820. The molecule has 0 spiro atoms. The van der Waals surface area contributed by atoms with E-state index in [9.17, 15) is 14.9 Å². The molecule has 1 saturated heterocycles. The molecule has 1 fully saturated rings. The van der Waals surface area contributed by atoms with Crippen LogP contribution >= 0.6 is 0 Å². The molecule has 0 saturated carbocycles. The predicted octanol–water partition coefficient (Wildman–Crippen LogP) is 1.89. The molecule has 7 nitrogen and oxygen atoms in total. The molecule has 21 heavy (non-hydrogen) atoms. The summed E-state index contributed by atoms with van der Waals surface area (Å²) in [6.45, 7) is 3.62. The first-order valence-electron chi connectivity index (χ1n) is 6.90. The van der Waals surface area contributed by atoms with Crippen LogP contribution in [0.25, 0.3) is 0 Å². The summed E-state index contributed by atoms with van der Waals surface area (Å²) in [6, 6.07) is 4.27. The average molecular weight is 293 g/mol. The van der Waals surface area contributed by atoms with E-state index in [4.69, 9.17) is 4.74 Å². The fourth-order valence-corrected chi connectivity index (χ4v) is 2.39. The highest BCUT2D eigenvalue weighted by Gasteiger charge is 2.24. The first-order chi connectivity index (χ1) is 10.0. The molecule has 1 aromatic rings. The minimum absolute atomic E-state index is 0.0341. The number of hydrogen-bond acceptors (Lipinski definition) is 5. The third-order valence-electron chi connectivity index (χ3n) is 3.45. The average Bonchev–Trinajstić information content (AvgIpc) is 2.70. The largest absolute Gasteiger partial charge is 0.387 e. The lowest BCUT2D eigenvalue weighted by Gasteiger charge is -2.23. The number of nitro groups is 1. The van der Waals surface area contributed by atoms with Crippen molar-refractivity contribution in [3.05, 3.63) is 33.9 Å². The van der Waals surface area contributed by atoms with Crippen LogP contribution in [0.5, 0.6) is 0 Å². The Hall–Kier alpha value is -2.15. The third kappa shape index (κ3) is 3.49. The van der Waals surface area contributed by atoms with E-state index < -0.39 is 4.92 Å². The van der Waals surface area contributed by atoms with Gasteiger partial charge in [-0.05, 0) is 19.4 Å². The van der Waals surface area contributed by atoms with Crippen LogP contribution in [-0.2, 0) is 4.74 Å². The SMILES string of the molecule is CNc1ccc([N+](=O)[O-])cc1C(=O)N1CCCOC(C)C1.